The first-order valence-corrected chi connectivity index (χ1v) is 10.7. The summed E-state index contributed by atoms with van der Waals surface area (Å²) in [5.74, 6) is -0.394. The van der Waals surface area contributed by atoms with Crippen molar-refractivity contribution < 1.29 is 27.2 Å². The van der Waals surface area contributed by atoms with E-state index in [4.69, 9.17) is 37.2 Å². The van der Waals surface area contributed by atoms with Crippen molar-refractivity contribution in [3.8, 4) is 5.75 Å². The van der Waals surface area contributed by atoms with E-state index in [1.807, 2.05) is 4.90 Å². The fourth-order valence-electron chi connectivity index (χ4n) is 2.54. The summed E-state index contributed by atoms with van der Waals surface area (Å²) < 4.78 is 40.8. The molecule has 27 heavy (non-hydrogen) atoms. The minimum atomic E-state index is -3.93. The normalized spacial score (nSPS) is 16.3. The lowest BCUT2D eigenvalue weighted by atomic mass is 10.3. The molecule has 0 unspecified atom stereocenters. The number of hydrogen-bond acceptors (Lipinski definition) is 7. The fourth-order valence-corrected chi connectivity index (χ4v) is 3.49. The molecule has 0 spiro atoms. The van der Waals surface area contributed by atoms with E-state index < -0.39 is 16.1 Å². The summed E-state index contributed by atoms with van der Waals surface area (Å²) in [7, 11) is -3.93. The second-order valence-corrected chi connectivity index (χ2v) is 8.47. The van der Waals surface area contributed by atoms with Gasteiger partial charge < -0.3 is 9.47 Å². The van der Waals surface area contributed by atoms with Gasteiger partial charge in [-0.1, -0.05) is 23.2 Å². The van der Waals surface area contributed by atoms with Crippen LogP contribution < -0.4 is 4.74 Å². The van der Waals surface area contributed by atoms with Crippen LogP contribution in [0.15, 0.2) is 18.2 Å². The quantitative estimate of drug-likeness (QED) is 0.454. The molecule has 1 heterocycles. The Bertz CT molecular complexity index is 738. The average molecular weight is 441 g/mol. The zero-order valence-electron chi connectivity index (χ0n) is 14.6. The van der Waals surface area contributed by atoms with Gasteiger partial charge in [0.15, 0.2) is 6.61 Å². The van der Waals surface area contributed by atoms with Gasteiger partial charge in [0.2, 0.25) is 0 Å². The van der Waals surface area contributed by atoms with Crippen LogP contribution in [0, 0.1) is 0 Å². The van der Waals surface area contributed by atoms with E-state index in [1.54, 1.807) is 12.1 Å². The maximum Gasteiger partial charge on any atom is 0.344 e. The smallest absolute Gasteiger partial charge is 0.344 e. The number of benzene rings is 1. The number of esters is 1. The van der Waals surface area contributed by atoms with Crippen LogP contribution >= 0.6 is 23.2 Å². The highest BCUT2D eigenvalue weighted by Crippen LogP contribution is 2.27. The molecule has 0 aromatic heterocycles. The molecule has 1 aromatic carbocycles. The molecule has 1 N–H and O–H groups in total. The molecule has 8 nitrogen and oxygen atoms in total. The summed E-state index contributed by atoms with van der Waals surface area (Å²) in [6.45, 7) is 3.75. The zero-order valence-corrected chi connectivity index (χ0v) is 17.0. The number of carbonyl (C=O) groups excluding carboxylic acids is 1. The number of rotatable bonds is 9. The Hall–Kier alpha value is -1.10. The van der Waals surface area contributed by atoms with Crippen molar-refractivity contribution in [3.05, 3.63) is 28.2 Å². The van der Waals surface area contributed by atoms with Gasteiger partial charge in [-0.05, 0) is 18.2 Å². The van der Waals surface area contributed by atoms with Gasteiger partial charge in [-0.2, -0.15) is 8.42 Å². The minimum absolute atomic E-state index is 0.238. The van der Waals surface area contributed by atoms with Crippen molar-refractivity contribution in [2.75, 3.05) is 58.2 Å². The van der Waals surface area contributed by atoms with Gasteiger partial charge >= 0.3 is 5.97 Å². The summed E-state index contributed by atoms with van der Waals surface area (Å²) in [5.41, 5.74) is 0. The van der Waals surface area contributed by atoms with Crippen LogP contribution in [-0.2, 0) is 19.6 Å². The minimum Gasteiger partial charge on any atom is -0.480 e. The summed E-state index contributed by atoms with van der Waals surface area (Å²) in [5, 5.41) is 0.801. The number of halogens is 2. The van der Waals surface area contributed by atoms with E-state index >= 15 is 0 Å². The van der Waals surface area contributed by atoms with E-state index in [0.717, 1.165) is 13.1 Å². The van der Waals surface area contributed by atoms with Gasteiger partial charge in [0.25, 0.3) is 10.1 Å². The standard InChI is InChI=1S/C16H22Cl2N2O6S/c17-13-1-2-15(14(18)11-13)26-12-16(21)25-9-7-19-3-5-20(6-4-19)8-10-27(22,23)24/h1-2,11H,3-10,12H2,(H,22,23,24). The molecular formula is C16H22Cl2N2O6S. The third-order valence-corrected chi connectivity index (χ3v) is 5.27. The fraction of sp³-hybridized carbons (Fsp3) is 0.562. The van der Waals surface area contributed by atoms with Crippen LogP contribution in [-0.4, -0.2) is 87.0 Å². The van der Waals surface area contributed by atoms with Crippen molar-refractivity contribution in [1.82, 2.24) is 9.80 Å². The van der Waals surface area contributed by atoms with Gasteiger partial charge in [0.05, 0.1) is 10.8 Å². The second kappa shape index (κ2) is 10.4. The van der Waals surface area contributed by atoms with Crippen LogP contribution in [0.4, 0.5) is 0 Å². The summed E-state index contributed by atoms with van der Waals surface area (Å²) in [4.78, 5) is 15.8. The van der Waals surface area contributed by atoms with E-state index in [-0.39, 0.29) is 19.0 Å². The summed E-state index contributed by atoms with van der Waals surface area (Å²) in [6.07, 6.45) is 0. The Morgan fingerprint density at radius 3 is 2.33 bits per heavy atom. The molecule has 1 aliphatic heterocycles. The Morgan fingerprint density at radius 2 is 1.74 bits per heavy atom. The van der Waals surface area contributed by atoms with Crippen LogP contribution in [0.2, 0.25) is 10.0 Å². The molecule has 1 saturated heterocycles. The molecule has 152 valence electrons. The molecule has 2 rings (SSSR count). The topological polar surface area (TPSA) is 96.4 Å². The van der Waals surface area contributed by atoms with Crippen molar-refractivity contribution >= 4 is 39.3 Å². The van der Waals surface area contributed by atoms with Crippen LogP contribution in [0.1, 0.15) is 0 Å². The van der Waals surface area contributed by atoms with Gasteiger partial charge in [0.1, 0.15) is 12.4 Å². The van der Waals surface area contributed by atoms with Crippen LogP contribution in [0.25, 0.3) is 0 Å². The van der Waals surface area contributed by atoms with Crippen molar-refractivity contribution in [1.29, 1.82) is 0 Å². The molecule has 1 fully saturated rings. The van der Waals surface area contributed by atoms with Crippen LogP contribution in [0.5, 0.6) is 5.75 Å². The van der Waals surface area contributed by atoms with Gasteiger partial charge in [-0.25, -0.2) is 4.79 Å². The number of ether oxygens (including phenoxy) is 2. The Morgan fingerprint density at radius 1 is 1.11 bits per heavy atom. The van der Waals surface area contributed by atoms with Crippen molar-refractivity contribution in [3.63, 3.8) is 0 Å². The number of piperazine rings is 1. The largest absolute Gasteiger partial charge is 0.480 e. The molecule has 11 heteroatoms. The highest BCUT2D eigenvalue weighted by atomic mass is 35.5. The monoisotopic (exact) mass is 440 g/mol. The third-order valence-electron chi connectivity index (χ3n) is 4.04. The van der Waals surface area contributed by atoms with E-state index in [0.29, 0.717) is 42.0 Å². The first kappa shape index (κ1) is 22.2. The Balaban J connectivity index is 1.59. The summed E-state index contributed by atoms with van der Waals surface area (Å²) in [6, 6.07) is 4.72. The third kappa shape index (κ3) is 8.63. The first-order chi connectivity index (χ1) is 12.7. The predicted molar refractivity (Wildman–Crippen MR) is 102 cm³/mol. The van der Waals surface area contributed by atoms with E-state index in [9.17, 15) is 13.2 Å². The number of nitrogens with zero attached hydrogens (tertiary/aromatic N) is 2. The molecule has 1 aliphatic rings. The van der Waals surface area contributed by atoms with Gasteiger partial charge in [0, 0.05) is 44.3 Å². The highest BCUT2D eigenvalue weighted by Gasteiger charge is 2.18. The maximum atomic E-state index is 11.7. The Labute approximate surface area is 168 Å². The summed E-state index contributed by atoms with van der Waals surface area (Å²) >= 11 is 11.7. The SMILES string of the molecule is O=C(COc1ccc(Cl)cc1Cl)OCCN1CCN(CCS(=O)(=O)O)CC1. The molecular weight excluding hydrogens is 419 g/mol. The molecule has 0 aliphatic carbocycles. The lowest BCUT2D eigenvalue weighted by Gasteiger charge is -2.34. The molecule has 0 bridgehead atoms. The molecule has 0 saturated carbocycles. The van der Waals surface area contributed by atoms with Crippen molar-refractivity contribution in [2.24, 2.45) is 0 Å². The van der Waals surface area contributed by atoms with Crippen molar-refractivity contribution in [2.45, 2.75) is 0 Å². The maximum absolute atomic E-state index is 11.7. The second-order valence-electron chi connectivity index (χ2n) is 6.05. The van der Waals surface area contributed by atoms with E-state index in [1.165, 1.54) is 6.07 Å². The zero-order chi connectivity index (χ0) is 19.9. The first-order valence-electron chi connectivity index (χ1n) is 8.36. The number of hydrogen-bond donors (Lipinski definition) is 1. The number of carbonyl (C=O) groups is 1. The van der Waals surface area contributed by atoms with Crippen LogP contribution in [0.3, 0.4) is 0 Å². The molecule has 0 radical (unpaired) electrons. The lowest BCUT2D eigenvalue weighted by molar-refractivity contribution is -0.146. The molecule has 0 atom stereocenters. The molecule has 0 amide bonds. The van der Waals surface area contributed by atoms with Gasteiger partial charge in [-0.3, -0.25) is 14.4 Å². The van der Waals surface area contributed by atoms with E-state index in [2.05, 4.69) is 4.90 Å². The van der Waals surface area contributed by atoms with Gasteiger partial charge in [-0.15, -0.1) is 0 Å². The highest BCUT2D eigenvalue weighted by molar-refractivity contribution is 7.85. The predicted octanol–water partition coefficient (Wildman–Crippen LogP) is 1.42. The molecule has 1 aromatic rings. The lowest BCUT2D eigenvalue weighted by Crippen LogP contribution is -2.48. The Kier molecular flexibility index (Phi) is 8.59. The average Bonchev–Trinajstić information content (AvgIpc) is 2.59.